The second kappa shape index (κ2) is 9.96. The molecule has 1 heterocycles. The van der Waals surface area contributed by atoms with Gasteiger partial charge in [-0.1, -0.05) is 17.5 Å². The number of rotatable bonds is 8. The normalized spacial score (nSPS) is 10.6. The highest BCUT2D eigenvalue weighted by atomic mass is 35.5. The van der Waals surface area contributed by atoms with E-state index in [9.17, 15) is 10.1 Å². The van der Waals surface area contributed by atoms with Crippen molar-refractivity contribution in [2.75, 3.05) is 13.2 Å². The molecule has 0 unspecified atom stereocenters. The summed E-state index contributed by atoms with van der Waals surface area (Å²) in [6, 6.07) is 8.50. The van der Waals surface area contributed by atoms with Crippen LogP contribution in [0.1, 0.15) is 18.2 Å². The molecule has 0 saturated heterocycles. The number of amides is 1. The number of ether oxygens (including phenoxy) is 2. The van der Waals surface area contributed by atoms with Gasteiger partial charge in [0.25, 0.3) is 5.91 Å². The summed E-state index contributed by atoms with van der Waals surface area (Å²) in [5.74, 6) is 3.10. The summed E-state index contributed by atoms with van der Waals surface area (Å²) >= 11 is 6.24. The van der Waals surface area contributed by atoms with Gasteiger partial charge >= 0.3 is 0 Å². The van der Waals surface area contributed by atoms with E-state index >= 15 is 0 Å². The average molecular weight is 385 g/mol. The van der Waals surface area contributed by atoms with Gasteiger partial charge in [0.05, 0.1) is 24.4 Å². The second-order valence-electron chi connectivity index (χ2n) is 5.19. The Kier molecular flexibility index (Phi) is 7.37. The third-order valence-corrected chi connectivity index (χ3v) is 3.59. The summed E-state index contributed by atoms with van der Waals surface area (Å²) < 4.78 is 16.1. The first-order valence-corrected chi connectivity index (χ1v) is 8.41. The lowest BCUT2D eigenvalue weighted by Gasteiger charge is -2.13. The number of hydrogen-bond donors (Lipinski definition) is 1. The fraction of sp³-hybridized carbons (Fsp3) is 0.200. The minimum Gasteiger partial charge on any atom is -0.490 e. The summed E-state index contributed by atoms with van der Waals surface area (Å²) in [4.78, 5) is 12.2. The molecule has 1 aromatic heterocycles. The predicted molar refractivity (Wildman–Crippen MR) is 101 cm³/mol. The Bertz CT molecular complexity index is 905. The highest BCUT2D eigenvalue weighted by Crippen LogP contribution is 2.37. The fourth-order valence-electron chi connectivity index (χ4n) is 2.18. The van der Waals surface area contributed by atoms with Crippen LogP contribution in [-0.4, -0.2) is 19.1 Å². The molecule has 27 heavy (non-hydrogen) atoms. The number of furan rings is 1. The fourth-order valence-corrected chi connectivity index (χ4v) is 2.45. The standard InChI is InChI=1S/C20H17ClN2O4/c1-3-7-27-19-17(21)10-14(11-18(19)25-4-2)9-15(12-22)20(24)23-13-16-6-5-8-26-16/h1,5-6,8-11H,4,7,13H2,2H3,(H,23,24)/b15-9+. The van der Waals surface area contributed by atoms with Gasteiger partial charge in [-0.2, -0.15) is 5.26 Å². The summed E-state index contributed by atoms with van der Waals surface area (Å²) in [5.41, 5.74) is 0.429. The first-order valence-electron chi connectivity index (χ1n) is 8.04. The SMILES string of the molecule is C#CCOc1c(Cl)cc(/C=C(\C#N)C(=O)NCc2ccco2)cc1OCC. The molecule has 0 aliphatic rings. The number of carbonyl (C=O) groups excluding carboxylic acids is 1. The van der Waals surface area contributed by atoms with E-state index in [1.807, 2.05) is 13.0 Å². The van der Waals surface area contributed by atoms with Crippen LogP contribution in [0.15, 0.2) is 40.5 Å². The lowest BCUT2D eigenvalue weighted by Crippen LogP contribution is -2.23. The van der Waals surface area contributed by atoms with Crippen LogP contribution in [0.3, 0.4) is 0 Å². The van der Waals surface area contributed by atoms with Gasteiger partial charge in [-0.3, -0.25) is 4.79 Å². The van der Waals surface area contributed by atoms with Gasteiger partial charge in [-0.15, -0.1) is 6.42 Å². The van der Waals surface area contributed by atoms with E-state index in [2.05, 4.69) is 11.2 Å². The molecular weight excluding hydrogens is 368 g/mol. The molecular formula is C20H17ClN2O4. The molecule has 0 radical (unpaired) electrons. The van der Waals surface area contributed by atoms with Crippen molar-refractivity contribution >= 4 is 23.6 Å². The van der Waals surface area contributed by atoms with Crippen LogP contribution in [0.5, 0.6) is 11.5 Å². The number of benzene rings is 1. The number of carbonyl (C=O) groups is 1. The Balaban J connectivity index is 2.24. The third-order valence-electron chi connectivity index (χ3n) is 3.31. The van der Waals surface area contributed by atoms with Crippen LogP contribution in [-0.2, 0) is 11.3 Å². The monoisotopic (exact) mass is 384 g/mol. The maximum atomic E-state index is 12.2. The number of halogens is 1. The van der Waals surface area contributed by atoms with Gasteiger partial charge in [-0.25, -0.2) is 0 Å². The van der Waals surface area contributed by atoms with E-state index in [1.54, 1.807) is 24.3 Å². The molecule has 2 rings (SSSR count). The molecule has 7 heteroatoms. The lowest BCUT2D eigenvalue weighted by molar-refractivity contribution is -0.117. The molecule has 0 bridgehead atoms. The highest BCUT2D eigenvalue weighted by Gasteiger charge is 2.14. The van der Waals surface area contributed by atoms with E-state index in [0.717, 1.165) is 0 Å². The molecule has 0 aliphatic heterocycles. The van der Waals surface area contributed by atoms with Gasteiger partial charge in [0.15, 0.2) is 11.5 Å². The largest absolute Gasteiger partial charge is 0.490 e. The Hall–Kier alpha value is -3.35. The molecule has 0 atom stereocenters. The maximum absolute atomic E-state index is 12.2. The predicted octanol–water partition coefficient (Wildman–Crippen LogP) is 3.57. The molecule has 0 spiro atoms. The summed E-state index contributed by atoms with van der Waals surface area (Å²) in [7, 11) is 0. The van der Waals surface area contributed by atoms with Crippen molar-refractivity contribution in [3.05, 3.63) is 52.4 Å². The van der Waals surface area contributed by atoms with Crippen LogP contribution in [0, 0.1) is 23.7 Å². The van der Waals surface area contributed by atoms with Crippen molar-refractivity contribution in [3.8, 4) is 29.9 Å². The van der Waals surface area contributed by atoms with E-state index in [1.165, 1.54) is 12.3 Å². The van der Waals surface area contributed by atoms with Gasteiger partial charge < -0.3 is 19.2 Å². The van der Waals surface area contributed by atoms with Crippen molar-refractivity contribution in [1.82, 2.24) is 5.32 Å². The second-order valence-corrected chi connectivity index (χ2v) is 5.59. The molecule has 1 N–H and O–H groups in total. The third kappa shape index (κ3) is 5.57. The molecule has 0 saturated carbocycles. The van der Waals surface area contributed by atoms with Gasteiger partial charge in [0.2, 0.25) is 0 Å². The first kappa shape index (κ1) is 20.0. The maximum Gasteiger partial charge on any atom is 0.262 e. The summed E-state index contributed by atoms with van der Waals surface area (Å²) in [6.07, 6.45) is 8.12. The number of nitriles is 1. The molecule has 0 aliphatic carbocycles. The Morgan fingerprint density at radius 3 is 2.89 bits per heavy atom. The van der Waals surface area contributed by atoms with E-state index in [0.29, 0.717) is 29.4 Å². The van der Waals surface area contributed by atoms with Crippen molar-refractivity contribution in [2.24, 2.45) is 0 Å². The van der Waals surface area contributed by atoms with Gasteiger partial charge in [0.1, 0.15) is 24.0 Å². The van der Waals surface area contributed by atoms with Crippen LogP contribution in [0.25, 0.3) is 6.08 Å². The Labute approximate surface area is 162 Å². The molecule has 1 aromatic carbocycles. The van der Waals surface area contributed by atoms with Crippen molar-refractivity contribution in [2.45, 2.75) is 13.5 Å². The van der Waals surface area contributed by atoms with Crippen LogP contribution in [0.4, 0.5) is 0 Å². The average Bonchev–Trinajstić information content (AvgIpc) is 3.17. The highest BCUT2D eigenvalue weighted by molar-refractivity contribution is 6.32. The molecule has 2 aromatic rings. The van der Waals surface area contributed by atoms with Gasteiger partial charge in [-0.05, 0) is 42.8 Å². The number of nitrogens with one attached hydrogen (secondary N) is 1. The van der Waals surface area contributed by atoms with Crippen molar-refractivity contribution in [3.63, 3.8) is 0 Å². The van der Waals surface area contributed by atoms with Crippen LogP contribution >= 0.6 is 11.6 Å². The zero-order chi connectivity index (χ0) is 19.6. The minimum absolute atomic E-state index is 0.0353. The summed E-state index contributed by atoms with van der Waals surface area (Å²) in [6.45, 7) is 2.40. The van der Waals surface area contributed by atoms with Gasteiger partial charge in [0, 0.05) is 0 Å². The molecule has 138 valence electrons. The van der Waals surface area contributed by atoms with E-state index in [4.69, 9.17) is 31.9 Å². The minimum atomic E-state index is -0.532. The van der Waals surface area contributed by atoms with Crippen molar-refractivity contribution in [1.29, 1.82) is 5.26 Å². The zero-order valence-corrected chi connectivity index (χ0v) is 15.4. The Morgan fingerprint density at radius 2 is 2.26 bits per heavy atom. The van der Waals surface area contributed by atoms with Crippen molar-refractivity contribution < 1.29 is 18.7 Å². The topological polar surface area (TPSA) is 84.5 Å². The number of nitrogens with zero attached hydrogens (tertiary/aromatic N) is 1. The summed E-state index contributed by atoms with van der Waals surface area (Å²) in [5, 5.41) is 12.2. The van der Waals surface area contributed by atoms with Crippen LogP contribution in [0.2, 0.25) is 5.02 Å². The lowest BCUT2D eigenvalue weighted by atomic mass is 10.1. The smallest absolute Gasteiger partial charge is 0.262 e. The number of hydrogen-bond acceptors (Lipinski definition) is 5. The first-order chi connectivity index (χ1) is 13.1. The van der Waals surface area contributed by atoms with Crippen LogP contribution < -0.4 is 14.8 Å². The number of terminal acetylenes is 1. The molecule has 1 amide bonds. The van der Waals surface area contributed by atoms with E-state index in [-0.39, 0.29) is 23.7 Å². The Morgan fingerprint density at radius 1 is 1.44 bits per heavy atom. The molecule has 0 fully saturated rings. The quantitative estimate of drug-likeness (QED) is 0.427. The van der Waals surface area contributed by atoms with E-state index < -0.39 is 5.91 Å². The zero-order valence-electron chi connectivity index (χ0n) is 14.6. The molecule has 6 nitrogen and oxygen atoms in total.